The van der Waals surface area contributed by atoms with Crippen LogP contribution in [-0.2, 0) is 28.0 Å². The van der Waals surface area contributed by atoms with E-state index < -0.39 is 26.5 Å². The Kier molecular flexibility index (Phi) is 8.34. The van der Waals surface area contributed by atoms with Crippen molar-refractivity contribution in [1.82, 2.24) is 14.5 Å². The van der Waals surface area contributed by atoms with Crippen LogP contribution < -0.4 is 10.1 Å². The number of aryl methyl sites for hydroxylation is 1. The molecule has 14 heteroatoms. The van der Waals surface area contributed by atoms with Gasteiger partial charge in [0.25, 0.3) is 10.1 Å². The molecule has 0 saturated heterocycles. The molecule has 0 fully saturated rings. The second kappa shape index (κ2) is 12.1. The fourth-order valence-electron chi connectivity index (χ4n) is 4.71. The minimum absolute atomic E-state index is 0.0666. The van der Waals surface area contributed by atoms with Crippen molar-refractivity contribution in [3.63, 3.8) is 0 Å². The third kappa shape index (κ3) is 6.30. The van der Waals surface area contributed by atoms with E-state index in [1.807, 2.05) is 25.1 Å². The molecule has 2 N–H and O–H groups in total. The van der Waals surface area contributed by atoms with Gasteiger partial charge in [0.05, 0.1) is 47.2 Å². The third-order valence-corrected chi connectivity index (χ3v) is 7.59. The number of hydrogen-bond acceptors (Lipinski definition) is 9. The van der Waals surface area contributed by atoms with Gasteiger partial charge >= 0.3 is 5.69 Å². The topological polar surface area (TPSA) is 159 Å². The normalized spacial score (nSPS) is 12.7. The lowest BCUT2D eigenvalue weighted by Gasteiger charge is -2.18. The van der Waals surface area contributed by atoms with Crippen LogP contribution in [-0.4, -0.2) is 46.1 Å². The number of aromatic nitrogens is 3. The summed E-state index contributed by atoms with van der Waals surface area (Å²) in [5.41, 5.74) is 4.22. The molecule has 5 aromatic rings. The Bertz CT molecular complexity index is 1930. The summed E-state index contributed by atoms with van der Waals surface area (Å²) in [5.74, 6) is -0.691. The molecule has 2 aromatic heterocycles. The van der Waals surface area contributed by atoms with Crippen LogP contribution in [0.4, 0.5) is 21.7 Å². The minimum atomic E-state index is -4.02. The lowest BCUT2D eigenvalue weighted by Crippen LogP contribution is -2.16. The molecule has 3 aromatic carbocycles. The molecule has 3 heterocycles. The monoisotopic (exact) mass is 607 g/mol. The number of rotatable bonds is 6. The van der Waals surface area contributed by atoms with E-state index in [1.165, 1.54) is 19.2 Å². The number of fused-ring (bicyclic) bond motifs is 3. The van der Waals surface area contributed by atoms with Crippen LogP contribution in [0.5, 0.6) is 5.75 Å². The number of anilines is 2. The Morgan fingerprint density at radius 1 is 1.14 bits per heavy atom. The summed E-state index contributed by atoms with van der Waals surface area (Å²) in [5, 5.41) is 15.1. The fraction of sp³-hybridized carbons (Fsp3) is 0.172. The van der Waals surface area contributed by atoms with Gasteiger partial charge in [-0.2, -0.15) is 12.8 Å². The smallest absolute Gasteiger partial charge is 0.307 e. The number of methoxy groups -OCH3 is 1. The quantitative estimate of drug-likeness (QED) is 0.140. The largest absolute Gasteiger partial charge is 0.494 e. The first-order valence-electron chi connectivity index (χ1n) is 12.9. The van der Waals surface area contributed by atoms with Crippen molar-refractivity contribution in [3.8, 4) is 17.0 Å². The second-order valence-electron chi connectivity index (χ2n) is 9.48. The highest BCUT2D eigenvalue weighted by atomic mass is 32.2. The second-order valence-corrected chi connectivity index (χ2v) is 10.9. The standard InChI is InChI=1S/C22H18FN5O4.C7H8O3S/c1-31-20-10-14(23)18(28(29)30)11-16(20)26-22-24-7-6-15(25-22)21-13-4-2-3-5-17(13)27-8-9-32-12-19(21)27;1-6-2-4-7(5-3-6)11(8,9)10/h2-7,10-11H,8-9,12H2,1H3,(H,24,25,26);2-5H,1H3,(H,8,9,10). The Hall–Kier alpha value is -4.92. The number of nitrogens with one attached hydrogen (secondary N) is 1. The highest BCUT2D eigenvalue weighted by molar-refractivity contribution is 7.85. The highest BCUT2D eigenvalue weighted by Gasteiger charge is 2.23. The van der Waals surface area contributed by atoms with E-state index in [1.54, 1.807) is 24.4 Å². The Labute approximate surface area is 245 Å². The number of hydrogen-bond donors (Lipinski definition) is 2. The maximum atomic E-state index is 14.0. The van der Waals surface area contributed by atoms with Crippen molar-refractivity contribution in [3.05, 3.63) is 100 Å². The van der Waals surface area contributed by atoms with E-state index in [0.717, 1.165) is 46.4 Å². The van der Waals surface area contributed by atoms with Gasteiger partial charge in [0.1, 0.15) is 5.75 Å². The molecule has 0 spiro atoms. The zero-order chi connectivity index (χ0) is 30.7. The van der Waals surface area contributed by atoms with Gasteiger partial charge in [-0.1, -0.05) is 35.9 Å². The van der Waals surface area contributed by atoms with Crippen molar-refractivity contribution >= 4 is 38.3 Å². The van der Waals surface area contributed by atoms with Crippen molar-refractivity contribution in [1.29, 1.82) is 0 Å². The lowest BCUT2D eigenvalue weighted by molar-refractivity contribution is -0.387. The molecular weight excluding hydrogens is 581 g/mol. The number of nitrogens with zero attached hydrogens (tertiary/aromatic N) is 4. The first-order chi connectivity index (χ1) is 20.6. The summed E-state index contributed by atoms with van der Waals surface area (Å²) in [7, 11) is -2.67. The van der Waals surface area contributed by atoms with Crippen LogP contribution in [0.3, 0.4) is 0 Å². The molecule has 222 valence electrons. The molecule has 12 nitrogen and oxygen atoms in total. The summed E-state index contributed by atoms with van der Waals surface area (Å²) < 4.78 is 56.6. The fourth-order valence-corrected chi connectivity index (χ4v) is 5.19. The average Bonchev–Trinajstić information content (AvgIpc) is 3.32. The molecule has 1 aliphatic rings. The average molecular weight is 608 g/mol. The number of nitro benzene ring substituents is 1. The zero-order valence-electron chi connectivity index (χ0n) is 23.0. The van der Waals surface area contributed by atoms with E-state index in [4.69, 9.17) is 14.0 Å². The van der Waals surface area contributed by atoms with Gasteiger partial charge in [-0.05, 0) is 31.2 Å². The SMILES string of the molecule is COc1cc(F)c([N+](=O)[O-])cc1Nc1nccc(-c2c3n(c4ccccc24)CCOC3)n1.Cc1ccc(S(=O)(=O)O)cc1. The number of benzene rings is 3. The Morgan fingerprint density at radius 2 is 1.88 bits per heavy atom. The molecule has 0 unspecified atom stereocenters. The van der Waals surface area contributed by atoms with Crippen LogP contribution in [0.1, 0.15) is 11.3 Å². The number of para-hydroxylation sites is 1. The summed E-state index contributed by atoms with van der Waals surface area (Å²) in [6.45, 7) is 3.70. The van der Waals surface area contributed by atoms with E-state index in [9.17, 15) is 22.9 Å². The maximum absolute atomic E-state index is 14.0. The zero-order valence-corrected chi connectivity index (χ0v) is 23.8. The summed E-state index contributed by atoms with van der Waals surface area (Å²) in [4.78, 5) is 19.1. The van der Waals surface area contributed by atoms with Gasteiger partial charge in [-0.3, -0.25) is 14.7 Å². The Balaban J connectivity index is 0.000000283. The van der Waals surface area contributed by atoms with E-state index in [0.29, 0.717) is 18.9 Å². The van der Waals surface area contributed by atoms with Crippen LogP contribution in [0, 0.1) is 22.9 Å². The van der Waals surface area contributed by atoms with E-state index >= 15 is 0 Å². The molecule has 0 saturated carbocycles. The molecular formula is C29H26FN5O7S. The predicted octanol–water partition coefficient (Wildman–Crippen LogP) is 5.67. The summed E-state index contributed by atoms with van der Waals surface area (Å²) in [6.07, 6.45) is 1.59. The van der Waals surface area contributed by atoms with E-state index in [-0.39, 0.29) is 22.3 Å². The molecule has 43 heavy (non-hydrogen) atoms. The highest BCUT2D eigenvalue weighted by Crippen LogP contribution is 2.37. The van der Waals surface area contributed by atoms with Crippen molar-refractivity contribution in [2.45, 2.75) is 25.0 Å². The van der Waals surface area contributed by atoms with Crippen molar-refractivity contribution in [2.24, 2.45) is 0 Å². The molecule has 0 amide bonds. The molecule has 1 aliphatic heterocycles. The Morgan fingerprint density at radius 3 is 2.58 bits per heavy atom. The number of nitro groups is 1. The van der Waals surface area contributed by atoms with E-state index in [2.05, 4.69) is 25.9 Å². The maximum Gasteiger partial charge on any atom is 0.307 e. The van der Waals surface area contributed by atoms with Crippen LogP contribution in [0.2, 0.25) is 0 Å². The summed E-state index contributed by atoms with van der Waals surface area (Å²) >= 11 is 0. The molecule has 6 rings (SSSR count). The van der Waals surface area contributed by atoms with Gasteiger partial charge in [-0.25, -0.2) is 9.97 Å². The lowest BCUT2D eigenvalue weighted by atomic mass is 10.1. The number of ether oxygens (including phenoxy) is 2. The summed E-state index contributed by atoms with van der Waals surface area (Å²) in [6, 6.07) is 17.9. The molecule has 0 radical (unpaired) electrons. The molecule has 0 bridgehead atoms. The van der Waals surface area contributed by atoms with Gasteiger partial charge in [0.15, 0.2) is 0 Å². The van der Waals surface area contributed by atoms with Gasteiger partial charge in [0.2, 0.25) is 11.8 Å². The third-order valence-electron chi connectivity index (χ3n) is 6.72. The minimum Gasteiger partial charge on any atom is -0.494 e. The van der Waals surface area contributed by atoms with Crippen LogP contribution in [0.25, 0.3) is 22.2 Å². The number of halogens is 1. The van der Waals surface area contributed by atoms with Crippen molar-refractivity contribution in [2.75, 3.05) is 19.0 Å². The van der Waals surface area contributed by atoms with Crippen LogP contribution >= 0.6 is 0 Å². The molecule has 0 aliphatic carbocycles. The van der Waals surface area contributed by atoms with Crippen molar-refractivity contribution < 1.29 is 31.8 Å². The molecule has 0 atom stereocenters. The first-order valence-corrected chi connectivity index (χ1v) is 14.3. The van der Waals surface area contributed by atoms with Gasteiger partial charge < -0.3 is 19.4 Å². The predicted molar refractivity (Wildman–Crippen MR) is 157 cm³/mol. The van der Waals surface area contributed by atoms with Crippen LogP contribution in [0.15, 0.2) is 77.8 Å². The van der Waals surface area contributed by atoms with Gasteiger partial charge in [0, 0.05) is 41.3 Å². The van der Waals surface area contributed by atoms with Gasteiger partial charge in [-0.15, -0.1) is 0 Å². The first kappa shape index (κ1) is 29.6.